The molecule has 0 spiro atoms. The molecule has 4 nitrogen and oxygen atoms in total. The van der Waals surface area contributed by atoms with Crippen LogP contribution in [0.3, 0.4) is 0 Å². The molecule has 1 unspecified atom stereocenters. The van der Waals surface area contributed by atoms with Gasteiger partial charge in [-0.2, -0.15) is 0 Å². The van der Waals surface area contributed by atoms with Crippen molar-refractivity contribution in [3.63, 3.8) is 0 Å². The highest BCUT2D eigenvalue weighted by atomic mass is 16.5. The molecule has 0 aromatic rings. The molecule has 0 amide bonds. The first-order chi connectivity index (χ1) is 12.6. The standard InChI is InChI=1S/C22H40O4/c1-2-3-4-5-6-7-8-9-10-12-15-19(18-21(23)24)22(25)26-20-16-13-11-14-17-20/h19-20H,2-18H2,1H3,(H,23,24). The van der Waals surface area contributed by atoms with Crippen molar-refractivity contribution in [1.29, 1.82) is 0 Å². The van der Waals surface area contributed by atoms with Crippen molar-refractivity contribution in [3.05, 3.63) is 0 Å². The third-order valence-corrected chi connectivity index (χ3v) is 5.50. The average Bonchev–Trinajstić information content (AvgIpc) is 2.62. The van der Waals surface area contributed by atoms with Crippen molar-refractivity contribution in [1.82, 2.24) is 0 Å². The van der Waals surface area contributed by atoms with Crippen LogP contribution in [0, 0.1) is 5.92 Å². The molecule has 1 aliphatic carbocycles. The Labute approximate surface area is 160 Å². The number of unbranched alkanes of at least 4 members (excludes halogenated alkanes) is 9. The molecule has 1 atom stereocenters. The Hall–Kier alpha value is -1.06. The van der Waals surface area contributed by atoms with Gasteiger partial charge in [-0.25, -0.2) is 0 Å². The van der Waals surface area contributed by atoms with Crippen LogP contribution in [-0.4, -0.2) is 23.1 Å². The molecule has 152 valence electrons. The summed E-state index contributed by atoms with van der Waals surface area (Å²) in [5.41, 5.74) is 0. The molecule has 0 saturated heterocycles. The van der Waals surface area contributed by atoms with Crippen LogP contribution in [0.15, 0.2) is 0 Å². The monoisotopic (exact) mass is 368 g/mol. The summed E-state index contributed by atoms with van der Waals surface area (Å²) in [5, 5.41) is 9.09. The minimum atomic E-state index is -0.900. The minimum absolute atomic E-state index is 0.0141. The van der Waals surface area contributed by atoms with E-state index in [-0.39, 0.29) is 18.5 Å². The first-order valence-corrected chi connectivity index (χ1v) is 11.1. The Morgan fingerprint density at radius 1 is 0.885 bits per heavy atom. The highest BCUT2D eigenvalue weighted by molar-refractivity contribution is 5.79. The van der Waals surface area contributed by atoms with Gasteiger partial charge in [-0.05, 0) is 32.1 Å². The highest BCUT2D eigenvalue weighted by Gasteiger charge is 2.26. The molecule has 1 N–H and O–H groups in total. The topological polar surface area (TPSA) is 63.6 Å². The van der Waals surface area contributed by atoms with Gasteiger partial charge in [0.2, 0.25) is 0 Å². The van der Waals surface area contributed by atoms with E-state index in [1.54, 1.807) is 0 Å². The van der Waals surface area contributed by atoms with Crippen molar-refractivity contribution in [2.24, 2.45) is 5.92 Å². The zero-order valence-corrected chi connectivity index (χ0v) is 16.8. The molecule has 1 saturated carbocycles. The van der Waals surface area contributed by atoms with Crippen LogP contribution in [0.5, 0.6) is 0 Å². The second-order valence-electron chi connectivity index (χ2n) is 7.96. The molecule has 1 aliphatic rings. The van der Waals surface area contributed by atoms with Gasteiger partial charge < -0.3 is 9.84 Å². The molecule has 0 aliphatic heterocycles. The third kappa shape index (κ3) is 11.5. The lowest BCUT2D eigenvalue weighted by atomic mass is 9.95. The van der Waals surface area contributed by atoms with Crippen LogP contribution in [-0.2, 0) is 14.3 Å². The van der Waals surface area contributed by atoms with Gasteiger partial charge >= 0.3 is 11.9 Å². The quantitative estimate of drug-likeness (QED) is 0.273. The first-order valence-electron chi connectivity index (χ1n) is 11.1. The zero-order chi connectivity index (χ0) is 19.0. The number of carboxylic acids is 1. The number of aliphatic carboxylic acids is 1. The average molecular weight is 369 g/mol. The maximum absolute atomic E-state index is 12.4. The summed E-state index contributed by atoms with van der Waals surface area (Å²) in [4.78, 5) is 23.4. The van der Waals surface area contributed by atoms with Crippen molar-refractivity contribution < 1.29 is 19.4 Å². The molecule has 1 fully saturated rings. The summed E-state index contributed by atoms with van der Waals surface area (Å²) in [6.45, 7) is 2.24. The summed E-state index contributed by atoms with van der Waals surface area (Å²) in [7, 11) is 0. The van der Waals surface area contributed by atoms with E-state index in [4.69, 9.17) is 9.84 Å². The maximum atomic E-state index is 12.4. The van der Waals surface area contributed by atoms with E-state index in [1.807, 2.05) is 0 Å². The fraction of sp³-hybridized carbons (Fsp3) is 0.909. The summed E-state index contributed by atoms with van der Waals surface area (Å²) < 4.78 is 5.59. The number of carboxylic acid groups (broad SMARTS) is 1. The fourth-order valence-corrected chi connectivity index (χ4v) is 3.84. The number of hydrogen-bond acceptors (Lipinski definition) is 3. The van der Waals surface area contributed by atoms with E-state index < -0.39 is 11.9 Å². The third-order valence-electron chi connectivity index (χ3n) is 5.50. The lowest BCUT2D eigenvalue weighted by Gasteiger charge is -2.24. The number of carbonyl (C=O) groups excluding carboxylic acids is 1. The molecule has 26 heavy (non-hydrogen) atoms. The predicted molar refractivity (Wildman–Crippen MR) is 105 cm³/mol. The van der Waals surface area contributed by atoms with Crippen molar-refractivity contribution in [2.75, 3.05) is 0 Å². The fourth-order valence-electron chi connectivity index (χ4n) is 3.84. The number of esters is 1. The van der Waals surface area contributed by atoms with Crippen LogP contribution in [0.1, 0.15) is 116 Å². The van der Waals surface area contributed by atoms with Gasteiger partial charge in [0.05, 0.1) is 12.3 Å². The summed E-state index contributed by atoms with van der Waals surface area (Å²) in [5.74, 6) is -1.65. The molecule has 0 bridgehead atoms. The Kier molecular flexibility index (Phi) is 13.3. The van der Waals surface area contributed by atoms with Gasteiger partial charge in [0.25, 0.3) is 0 Å². The van der Waals surface area contributed by atoms with E-state index in [1.165, 1.54) is 57.8 Å². The maximum Gasteiger partial charge on any atom is 0.309 e. The number of hydrogen-bond donors (Lipinski definition) is 1. The Morgan fingerprint density at radius 2 is 1.42 bits per heavy atom. The van der Waals surface area contributed by atoms with Gasteiger partial charge in [-0.15, -0.1) is 0 Å². The molecule has 0 aromatic carbocycles. The summed E-state index contributed by atoms with van der Waals surface area (Å²) in [6, 6.07) is 0. The lowest BCUT2D eigenvalue weighted by molar-refractivity contribution is -0.159. The molecule has 0 aromatic heterocycles. The van der Waals surface area contributed by atoms with Crippen molar-refractivity contribution in [3.8, 4) is 0 Å². The zero-order valence-electron chi connectivity index (χ0n) is 16.8. The molecular weight excluding hydrogens is 328 g/mol. The van der Waals surface area contributed by atoms with E-state index in [0.717, 1.165) is 38.5 Å². The number of carbonyl (C=O) groups is 2. The van der Waals surface area contributed by atoms with Crippen LogP contribution in [0.4, 0.5) is 0 Å². The van der Waals surface area contributed by atoms with Crippen molar-refractivity contribution in [2.45, 2.75) is 122 Å². The molecule has 1 rings (SSSR count). The second-order valence-corrected chi connectivity index (χ2v) is 7.96. The van der Waals surface area contributed by atoms with Gasteiger partial charge in [0, 0.05) is 0 Å². The second kappa shape index (κ2) is 15.0. The highest BCUT2D eigenvalue weighted by Crippen LogP contribution is 2.24. The lowest BCUT2D eigenvalue weighted by Crippen LogP contribution is -2.27. The van der Waals surface area contributed by atoms with Crippen LogP contribution >= 0.6 is 0 Å². The van der Waals surface area contributed by atoms with Crippen LogP contribution in [0.2, 0.25) is 0 Å². The SMILES string of the molecule is CCCCCCCCCCCCC(CC(=O)O)C(=O)OC1CCCCC1. The number of ether oxygens (including phenoxy) is 1. The van der Waals surface area contributed by atoms with Gasteiger partial charge in [0.1, 0.15) is 6.10 Å². The van der Waals surface area contributed by atoms with E-state index in [9.17, 15) is 9.59 Å². The van der Waals surface area contributed by atoms with Gasteiger partial charge in [-0.3, -0.25) is 9.59 Å². The van der Waals surface area contributed by atoms with E-state index in [0.29, 0.717) is 6.42 Å². The van der Waals surface area contributed by atoms with E-state index in [2.05, 4.69) is 6.92 Å². The minimum Gasteiger partial charge on any atom is -0.481 e. The molecular formula is C22H40O4. The Balaban J connectivity index is 2.15. The smallest absolute Gasteiger partial charge is 0.309 e. The summed E-state index contributed by atoms with van der Waals surface area (Å²) >= 11 is 0. The molecule has 0 heterocycles. The Morgan fingerprint density at radius 3 is 1.96 bits per heavy atom. The van der Waals surface area contributed by atoms with Crippen molar-refractivity contribution >= 4 is 11.9 Å². The Bertz CT molecular complexity index is 374. The normalized spacial score (nSPS) is 16.3. The first kappa shape index (κ1) is 23.0. The molecule has 4 heteroatoms. The van der Waals surface area contributed by atoms with Crippen LogP contribution in [0.25, 0.3) is 0 Å². The summed E-state index contributed by atoms with van der Waals surface area (Å²) in [6.07, 6.45) is 18.3. The predicted octanol–water partition coefficient (Wildman–Crippen LogP) is 6.26. The van der Waals surface area contributed by atoms with Gasteiger partial charge in [0.15, 0.2) is 0 Å². The largest absolute Gasteiger partial charge is 0.481 e. The molecule has 0 radical (unpaired) electrons. The van der Waals surface area contributed by atoms with E-state index >= 15 is 0 Å². The number of rotatable bonds is 15. The van der Waals surface area contributed by atoms with Crippen LogP contribution < -0.4 is 0 Å². The van der Waals surface area contributed by atoms with Gasteiger partial charge in [-0.1, -0.05) is 77.6 Å².